The molecule has 78 heavy (non-hydrogen) atoms. The predicted molar refractivity (Wildman–Crippen MR) is 282 cm³/mol. The minimum atomic E-state index is -4.64. The number of hydrogen-bond donors (Lipinski definition) is 1. The number of benzene rings is 3. The Morgan fingerprint density at radius 1 is 0.513 bits per heavy atom. The fourth-order valence-electron chi connectivity index (χ4n) is 8.12. The highest BCUT2D eigenvalue weighted by Crippen LogP contribution is 2.30. The number of hydrogen-bond acceptors (Lipinski definition) is 11. The van der Waals surface area contributed by atoms with Crippen molar-refractivity contribution in [2.75, 3.05) is 0 Å². The number of fused-ring (bicyclic) bond motifs is 4. The summed E-state index contributed by atoms with van der Waals surface area (Å²) >= 11 is 17.5. The number of nitrogens with one attached hydrogen (secondary N) is 1. The summed E-state index contributed by atoms with van der Waals surface area (Å²) in [6.45, 7) is 0. The van der Waals surface area contributed by atoms with Gasteiger partial charge in [-0.25, -0.2) is 58.0 Å². The molecule has 16 nitrogen and oxygen atoms in total. The Bertz CT molecular complexity index is 4200. The summed E-state index contributed by atoms with van der Waals surface area (Å²) in [4.78, 5) is 37.2. The van der Waals surface area contributed by atoms with Crippen molar-refractivity contribution >= 4 is 78.9 Å². The van der Waals surface area contributed by atoms with Gasteiger partial charge >= 0.3 is 6.18 Å². The number of aromatic amines is 1. The van der Waals surface area contributed by atoms with Crippen molar-refractivity contribution in [1.29, 1.82) is 5.26 Å². The van der Waals surface area contributed by atoms with Gasteiger partial charge in [-0.3, -0.25) is 5.10 Å². The van der Waals surface area contributed by atoms with Crippen LogP contribution in [-0.4, -0.2) is 73.3 Å². The molecule has 0 saturated heterocycles. The van der Waals surface area contributed by atoms with Gasteiger partial charge in [0.2, 0.25) is 5.82 Å². The Balaban J connectivity index is 0.000000131. The fraction of sp³-hybridized carbons (Fsp3) is 0.151. The molecule has 9 heterocycles. The van der Waals surface area contributed by atoms with Gasteiger partial charge in [0, 0.05) is 65.7 Å². The summed E-state index contributed by atoms with van der Waals surface area (Å²) in [5.41, 5.74) is 9.64. The molecule has 394 valence electrons. The number of aryl methyl sites for hydroxylation is 4. The number of H-pyrrole nitrogens is 1. The SMILES string of the molecule is Cn1cnc2c(Cc3ccccc3F)nc(-c3n[nH]c(C(F)(F)F)n3)cc21.Cn1cnc2c(Cc3ccccc3F)nc(C#N)cc21.Cn1cnc2c(Cc3ccccc3F)nc(Cl)cc21.Cn1cnc2c(Cl)nc(Cl)cc21. The van der Waals surface area contributed by atoms with E-state index in [0.717, 1.165) is 22.1 Å². The van der Waals surface area contributed by atoms with E-state index in [9.17, 15) is 26.3 Å². The van der Waals surface area contributed by atoms with Crippen molar-refractivity contribution in [3.05, 3.63) is 201 Å². The van der Waals surface area contributed by atoms with Crippen molar-refractivity contribution < 1.29 is 26.3 Å². The lowest BCUT2D eigenvalue weighted by atomic mass is 10.1. The molecule has 0 radical (unpaired) electrons. The number of rotatable bonds is 7. The molecule has 12 rings (SSSR count). The van der Waals surface area contributed by atoms with Crippen molar-refractivity contribution in [2.24, 2.45) is 28.2 Å². The van der Waals surface area contributed by atoms with E-state index in [1.807, 2.05) is 46.0 Å². The Labute approximate surface area is 453 Å². The molecule has 0 spiro atoms. The standard InChI is InChI=1S/C17H12F4N6.C15H11FN4.C14H11ClFN3.C7H5Cl2N3/c1-27-8-22-14-11(6-9-4-2-3-5-10(9)18)23-12(7-13(14)27)15-24-16(26-25-15)17(19,20)21;1-20-9-18-15-13(19-11(8-17)7-14(15)20)6-10-4-2-3-5-12(10)16;1-19-8-17-14-11(18-13(15)7-12(14)19)6-9-4-2-3-5-10(9)16;1-12-3-10-6-4(12)2-5(8)11-7(6)9/h2-5,7-8H,6H2,1H3,(H,24,25,26);2-5,7,9H,6H2,1H3;2-5,7-8H,6H2,1H3;2-3H,1H3. The minimum absolute atomic E-state index is 0.130. The summed E-state index contributed by atoms with van der Waals surface area (Å²) in [6, 6.07) is 28.2. The lowest BCUT2D eigenvalue weighted by Crippen LogP contribution is -2.07. The van der Waals surface area contributed by atoms with Crippen LogP contribution in [-0.2, 0) is 53.6 Å². The first-order chi connectivity index (χ1) is 37.3. The van der Waals surface area contributed by atoms with Crippen LogP contribution in [0.15, 0.2) is 122 Å². The molecule has 25 heteroatoms. The van der Waals surface area contributed by atoms with E-state index in [1.54, 1.807) is 116 Å². The molecule has 0 fully saturated rings. The molecule has 12 aromatic rings. The summed E-state index contributed by atoms with van der Waals surface area (Å²) < 4.78 is 87.1. The van der Waals surface area contributed by atoms with Gasteiger partial charge in [-0.2, -0.15) is 23.5 Å². The molecule has 1 N–H and O–H groups in total. The van der Waals surface area contributed by atoms with E-state index in [4.69, 9.17) is 40.1 Å². The Hall–Kier alpha value is -8.78. The molecular weight excluding hydrogens is 1080 g/mol. The lowest BCUT2D eigenvalue weighted by molar-refractivity contribution is -0.144. The van der Waals surface area contributed by atoms with Crippen molar-refractivity contribution in [2.45, 2.75) is 25.4 Å². The monoisotopic (exact) mass is 1120 g/mol. The van der Waals surface area contributed by atoms with Crippen LogP contribution in [0.3, 0.4) is 0 Å². The predicted octanol–water partition coefficient (Wildman–Crippen LogP) is 11.7. The largest absolute Gasteiger partial charge is 0.451 e. The second-order valence-corrected chi connectivity index (χ2v) is 18.5. The number of nitriles is 1. The average molecular weight is 1120 g/mol. The number of imidazole rings is 4. The third-order valence-electron chi connectivity index (χ3n) is 12.0. The van der Waals surface area contributed by atoms with Crippen LogP contribution < -0.4 is 0 Å². The van der Waals surface area contributed by atoms with Crippen molar-refractivity contribution in [3.63, 3.8) is 0 Å². The lowest BCUT2D eigenvalue weighted by Gasteiger charge is -2.06. The Morgan fingerprint density at radius 2 is 0.910 bits per heavy atom. The molecule has 0 amide bonds. The van der Waals surface area contributed by atoms with Gasteiger partial charge in [0.25, 0.3) is 0 Å². The first-order valence-corrected chi connectivity index (χ1v) is 24.3. The number of aromatic nitrogens is 15. The zero-order chi connectivity index (χ0) is 55.4. The first kappa shape index (κ1) is 54.0. The number of nitrogens with zero attached hydrogens (tertiary/aromatic N) is 15. The molecule has 0 unspecified atom stereocenters. The normalized spacial score (nSPS) is 11.3. The first-order valence-electron chi connectivity index (χ1n) is 23.2. The molecule has 0 aliphatic carbocycles. The van der Waals surface area contributed by atoms with E-state index in [2.05, 4.69) is 50.0 Å². The highest BCUT2D eigenvalue weighted by Gasteiger charge is 2.35. The Morgan fingerprint density at radius 3 is 1.36 bits per heavy atom. The molecule has 0 atom stereocenters. The summed E-state index contributed by atoms with van der Waals surface area (Å²) in [5.74, 6) is -2.32. The van der Waals surface area contributed by atoms with E-state index in [0.29, 0.717) is 89.8 Å². The van der Waals surface area contributed by atoms with Gasteiger partial charge < -0.3 is 18.3 Å². The van der Waals surface area contributed by atoms with Gasteiger partial charge in [0.1, 0.15) is 67.3 Å². The van der Waals surface area contributed by atoms with Crippen LogP contribution in [0.2, 0.25) is 15.5 Å². The van der Waals surface area contributed by atoms with Gasteiger partial charge in [0.15, 0.2) is 11.0 Å². The van der Waals surface area contributed by atoms with Gasteiger partial charge in [0.05, 0.1) is 64.5 Å². The maximum atomic E-state index is 14.0. The highest BCUT2D eigenvalue weighted by atomic mass is 35.5. The third kappa shape index (κ3) is 11.9. The molecule has 3 aromatic carbocycles. The minimum Gasteiger partial charge on any atom is -0.334 e. The number of alkyl halides is 3. The molecule has 9 aromatic heterocycles. The second-order valence-electron chi connectivity index (χ2n) is 17.4. The Kier molecular flexibility index (Phi) is 15.8. The number of halogens is 9. The maximum absolute atomic E-state index is 14.0. The molecular formula is C53H39Cl3F6N16. The van der Waals surface area contributed by atoms with Crippen LogP contribution in [0.4, 0.5) is 26.3 Å². The maximum Gasteiger partial charge on any atom is 0.451 e. The quantitative estimate of drug-likeness (QED) is 0.118. The molecule has 0 bridgehead atoms. The van der Waals surface area contributed by atoms with E-state index >= 15 is 0 Å². The third-order valence-corrected chi connectivity index (χ3v) is 12.7. The zero-order valence-corrected chi connectivity index (χ0v) is 43.5. The fourth-order valence-corrected chi connectivity index (χ4v) is 8.79. The smallest absolute Gasteiger partial charge is 0.334 e. The van der Waals surface area contributed by atoms with Crippen LogP contribution in [0, 0.1) is 28.8 Å². The summed E-state index contributed by atoms with van der Waals surface area (Å²) in [7, 11) is 7.36. The van der Waals surface area contributed by atoms with Gasteiger partial charge in [-0.05, 0) is 41.0 Å². The zero-order valence-electron chi connectivity index (χ0n) is 41.3. The van der Waals surface area contributed by atoms with Gasteiger partial charge in [-0.1, -0.05) is 89.4 Å². The molecule has 0 aliphatic heterocycles. The average Bonchev–Trinajstić information content (AvgIpc) is 4.28. The molecule has 0 aliphatic rings. The summed E-state index contributed by atoms with van der Waals surface area (Å²) in [6.07, 6.45) is 2.78. The second kappa shape index (κ2) is 22.8. The molecule has 0 saturated carbocycles. The van der Waals surface area contributed by atoms with E-state index < -0.39 is 17.8 Å². The summed E-state index contributed by atoms with van der Waals surface area (Å²) in [5, 5.41) is 15.7. The van der Waals surface area contributed by atoms with E-state index in [-0.39, 0.29) is 29.6 Å². The van der Waals surface area contributed by atoms with Crippen LogP contribution in [0.1, 0.15) is 45.3 Å². The topological polar surface area (TPSA) is 188 Å². The van der Waals surface area contributed by atoms with Crippen molar-refractivity contribution in [3.8, 4) is 17.6 Å². The van der Waals surface area contributed by atoms with Gasteiger partial charge in [-0.15, -0.1) is 0 Å². The van der Waals surface area contributed by atoms with Crippen molar-refractivity contribution in [1.82, 2.24) is 73.3 Å². The number of pyridine rings is 4. The van der Waals surface area contributed by atoms with Crippen LogP contribution in [0.5, 0.6) is 0 Å². The van der Waals surface area contributed by atoms with E-state index in [1.165, 1.54) is 18.2 Å². The van der Waals surface area contributed by atoms with Crippen LogP contribution >= 0.6 is 34.8 Å². The highest BCUT2D eigenvalue weighted by molar-refractivity contribution is 6.36. The van der Waals surface area contributed by atoms with Crippen LogP contribution in [0.25, 0.3) is 55.7 Å².